The Kier molecular flexibility index (Phi) is 2.84. The number of hydrogen-bond donors (Lipinski definition) is 1. The molecule has 0 saturated carbocycles. The van der Waals surface area contributed by atoms with Gasteiger partial charge >= 0.3 is 0 Å². The molecule has 0 amide bonds. The van der Waals surface area contributed by atoms with Gasteiger partial charge in [0.2, 0.25) is 0 Å². The van der Waals surface area contributed by atoms with Crippen molar-refractivity contribution in [3.63, 3.8) is 0 Å². The fourth-order valence-electron chi connectivity index (χ4n) is 1.84. The standard InChI is InChI=1S/C12H23NO/c1-11(2,3)9-10(12(4,5)6)14-8-7-13-9/h7-10,13H,1-6H3. The van der Waals surface area contributed by atoms with E-state index in [9.17, 15) is 0 Å². The lowest BCUT2D eigenvalue weighted by Gasteiger charge is -2.44. The summed E-state index contributed by atoms with van der Waals surface area (Å²) in [5.74, 6) is 0. The highest BCUT2D eigenvalue weighted by Crippen LogP contribution is 2.34. The van der Waals surface area contributed by atoms with Crippen LogP contribution in [0.3, 0.4) is 0 Å². The summed E-state index contributed by atoms with van der Waals surface area (Å²) in [6.45, 7) is 13.4. The van der Waals surface area contributed by atoms with Crippen molar-refractivity contribution in [2.24, 2.45) is 10.8 Å². The van der Waals surface area contributed by atoms with Crippen molar-refractivity contribution in [1.29, 1.82) is 0 Å². The van der Waals surface area contributed by atoms with E-state index in [0.717, 1.165) is 0 Å². The Hall–Kier alpha value is -0.660. The molecule has 0 aromatic rings. The molecule has 1 heterocycles. The fraction of sp³-hybridized carbons (Fsp3) is 0.833. The lowest BCUT2D eigenvalue weighted by molar-refractivity contribution is -0.0251. The zero-order chi connectivity index (χ0) is 11.0. The van der Waals surface area contributed by atoms with Gasteiger partial charge in [0.05, 0.1) is 12.3 Å². The summed E-state index contributed by atoms with van der Waals surface area (Å²) < 4.78 is 5.74. The van der Waals surface area contributed by atoms with Crippen molar-refractivity contribution in [3.05, 3.63) is 12.5 Å². The van der Waals surface area contributed by atoms with Crippen molar-refractivity contribution in [2.75, 3.05) is 0 Å². The van der Waals surface area contributed by atoms with E-state index in [-0.39, 0.29) is 16.9 Å². The molecular formula is C12H23NO. The van der Waals surface area contributed by atoms with Crippen LogP contribution in [-0.2, 0) is 4.74 Å². The third kappa shape index (κ3) is 2.43. The summed E-state index contributed by atoms with van der Waals surface area (Å²) in [6, 6.07) is 0.368. The first-order valence-electron chi connectivity index (χ1n) is 5.29. The Morgan fingerprint density at radius 2 is 1.57 bits per heavy atom. The second-order valence-corrected chi connectivity index (χ2v) is 6.24. The molecule has 2 atom stereocenters. The second-order valence-electron chi connectivity index (χ2n) is 6.24. The number of ether oxygens (including phenoxy) is 1. The van der Waals surface area contributed by atoms with E-state index >= 15 is 0 Å². The molecule has 0 spiro atoms. The van der Waals surface area contributed by atoms with E-state index in [2.05, 4.69) is 46.9 Å². The normalized spacial score (nSPS) is 28.1. The molecular weight excluding hydrogens is 174 g/mol. The van der Waals surface area contributed by atoms with E-state index in [1.165, 1.54) is 0 Å². The highest BCUT2D eigenvalue weighted by atomic mass is 16.5. The van der Waals surface area contributed by atoms with Gasteiger partial charge in [-0.2, -0.15) is 0 Å². The molecule has 2 nitrogen and oxygen atoms in total. The van der Waals surface area contributed by atoms with Crippen molar-refractivity contribution in [1.82, 2.24) is 5.32 Å². The molecule has 82 valence electrons. The number of hydrogen-bond acceptors (Lipinski definition) is 2. The van der Waals surface area contributed by atoms with Gasteiger partial charge in [-0.25, -0.2) is 0 Å². The van der Waals surface area contributed by atoms with Crippen molar-refractivity contribution < 1.29 is 4.74 Å². The molecule has 1 N–H and O–H groups in total. The number of rotatable bonds is 0. The molecule has 14 heavy (non-hydrogen) atoms. The van der Waals surface area contributed by atoms with Gasteiger partial charge < -0.3 is 10.1 Å². The maximum absolute atomic E-state index is 5.74. The third-order valence-corrected chi connectivity index (χ3v) is 2.66. The van der Waals surface area contributed by atoms with Gasteiger partial charge in [-0.15, -0.1) is 0 Å². The molecule has 0 radical (unpaired) electrons. The van der Waals surface area contributed by atoms with Crippen LogP contribution in [0.25, 0.3) is 0 Å². The van der Waals surface area contributed by atoms with E-state index in [1.54, 1.807) is 6.26 Å². The maximum Gasteiger partial charge on any atom is 0.123 e. The van der Waals surface area contributed by atoms with Crippen molar-refractivity contribution in [2.45, 2.75) is 53.7 Å². The summed E-state index contributed by atoms with van der Waals surface area (Å²) in [7, 11) is 0. The molecule has 1 aliphatic rings. The SMILES string of the molecule is CC(C)(C)C1NC=COC1C(C)(C)C. The molecule has 2 unspecified atom stereocenters. The highest BCUT2D eigenvalue weighted by molar-refractivity contribution is 5.00. The van der Waals surface area contributed by atoms with E-state index < -0.39 is 0 Å². The third-order valence-electron chi connectivity index (χ3n) is 2.66. The van der Waals surface area contributed by atoms with Crippen LogP contribution in [0, 0.1) is 10.8 Å². The van der Waals surface area contributed by atoms with Crippen LogP contribution in [0.15, 0.2) is 12.5 Å². The summed E-state index contributed by atoms with van der Waals surface area (Å²) in [6.07, 6.45) is 3.89. The molecule has 1 rings (SSSR count). The van der Waals surface area contributed by atoms with Crippen molar-refractivity contribution >= 4 is 0 Å². The molecule has 0 bridgehead atoms. The molecule has 0 aromatic heterocycles. The predicted molar refractivity (Wildman–Crippen MR) is 59.8 cm³/mol. The van der Waals surface area contributed by atoms with Gasteiger partial charge in [0, 0.05) is 11.6 Å². The van der Waals surface area contributed by atoms with Crippen LogP contribution in [0.4, 0.5) is 0 Å². The van der Waals surface area contributed by atoms with Crippen LogP contribution in [0.1, 0.15) is 41.5 Å². The van der Waals surface area contributed by atoms with Crippen LogP contribution in [0.5, 0.6) is 0 Å². The average Bonchev–Trinajstić information content (AvgIpc) is 2.01. The molecule has 0 aliphatic carbocycles. The monoisotopic (exact) mass is 197 g/mol. The zero-order valence-electron chi connectivity index (χ0n) is 10.2. The minimum absolute atomic E-state index is 0.162. The molecule has 0 aromatic carbocycles. The summed E-state index contributed by atoms with van der Waals surface area (Å²) >= 11 is 0. The smallest absolute Gasteiger partial charge is 0.123 e. The predicted octanol–water partition coefficient (Wildman–Crippen LogP) is 2.91. The quantitative estimate of drug-likeness (QED) is 0.644. The van der Waals surface area contributed by atoms with E-state index in [4.69, 9.17) is 4.74 Å². The van der Waals surface area contributed by atoms with E-state index in [1.807, 2.05) is 6.20 Å². The largest absolute Gasteiger partial charge is 0.494 e. The second kappa shape index (κ2) is 3.48. The Bertz CT molecular complexity index is 195. The fourth-order valence-corrected chi connectivity index (χ4v) is 1.84. The van der Waals surface area contributed by atoms with Crippen LogP contribution >= 0.6 is 0 Å². The zero-order valence-corrected chi connectivity index (χ0v) is 10.2. The number of nitrogens with one attached hydrogen (secondary N) is 1. The van der Waals surface area contributed by atoms with Gasteiger partial charge in [-0.1, -0.05) is 41.5 Å². The Morgan fingerprint density at radius 3 is 1.93 bits per heavy atom. The first-order chi connectivity index (χ1) is 6.23. The molecule has 2 heteroatoms. The maximum atomic E-state index is 5.74. The molecule has 1 aliphatic heterocycles. The van der Waals surface area contributed by atoms with Gasteiger partial charge in [0.1, 0.15) is 6.10 Å². The summed E-state index contributed by atoms with van der Waals surface area (Å²) in [4.78, 5) is 0. The first-order valence-corrected chi connectivity index (χ1v) is 5.29. The Morgan fingerprint density at radius 1 is 1.00 bits per heavy atom. The van der Waals surface area contributed by atoms with Gasteiger partial charge in [0.15, 0.2) is 0 Å². The van der Waals surface area contributed by atoms with Gasteiger partial charge in [0.25, 0.3) is 0 Å². The lowest BCUT2D eigenvalue weighted by atomic mass is 9.74. The molecule has 0 fully saturated rings. The summed E-state index contributed by atoms with van der Waals surface area (Å²) in [5, 5.41) is 3.41. The van der Waals surface area contributed by atoms with Crippen LogP contribution in [-0.4, -0.2) is 12.1 Å². The molecule has 0 saturated heterocycles. The Labute approximate surface area is 87.7 Å². The van der Waals surface area contributed by atoms with Gasteiger partial charge in [-0.05, 0) is 5.41 Å². The first kappa shape index (κ1) is 11.4. The summed E-state index contributed by atoms with van der Waals surface area (Å²) in [5.41, 5.74) is 0.373. The van der Waals surface area contributed by atoms with Gasteiger partial charge in [-0.3, -0.25) is 0 Å². The topological polar surface area (TPSA) is 21.3 Å². The van der Waals surface area contributed by atoms with Crippen LogP contribution in [0.2, 0.25) is 0 Å². The van der Waals surface area contributed by atoms with E-state index in [0.29, 0.717) is 6.04 Å². The highest BCUT2D eigenvalue weighted by Gasteiger charge is 2.40. The minimum atomic E-state index is 0.162. The minimum Gasteiger partial charge on any atom is -0.494 e. The lowest BCUT2D eigenvalue weighted by Crippen LogP contribution is -2.54. The average molecular weight is 197 g/mol. The van der Waals surface area contributed by atoms with Crippen molar-refractivity contribution in [3.8, 4) is 0 Å². The Balaban J connectivity index is 2.87. The van der Waals surface area contributed by atoms with Crippen LogP contribution < -0.4 is 5.32 Å².